The molecular formula is C10H13ClN2O. The number of hydrogen-bond donors (Lipinski definition) is 0. The van der Waals surface area contributed by atoms with Crippen LogP contribution in [0.1, 0.15) is 6.42 Å². The van der Waals surface area contributed by atoms with Crippen LogP contribution in [0.25, 0.3) is 0 Å². The molecule has 0 unspecified atom stereocenters. The van der Waals surface area contributed by atoms with Crippen LogP contribution < -0.4 is 4.74 Å². The molecule has 1 aliphatic rings. The third kappa shape index (κ3) is 2.16. The average Bonchev–Trinajstić information content (AvgIpc) is 2.56. The summed E-state index contributed by atoms with van der Waals surface area (Å²) in [5.41, 5.74) is 0. The van der Waals surface area contributed by atoms with Gasteiger partial charge in [0.15, 0.2) is 0 Å². The summed E-state index contributed by atoms with van der Waals surface area (Å²) in [4.78, 5) is 6.33. The molecule has 0 aromatic carbocycles. The number of rotatable bonds is 2. The van der Waals surface area contributed by atoms with Crippen LogP contribution in [0.4, 0.5) is 0 Å². The van der Waals surface area contributed by atoms with Gasteiger partial charge in [-0.2, -0.15) is 0 Å². The van der Waals surface area contributed by atoms with Crippen molar-refractivity contribution >= 4 is 11.6 Å². The molecule has 76 valence electrons. The Morgan fingerprint density at radius 3 is 3.14 bits per heavy atom. The average molecular weight is 213 g/mol. The van der Waals surface area contributed by atoms with E-state index in [0.717, 1.165) is 19.5 Å². The molecule has 0 amide bonds. The Hall–Kier alpha value is -0.800. The largest absolute Gasteiger partial charge is 0.472 e. The predicted octanol–water partition coefficient (Wildman–Crippen LogP) is 1.82. The minimum atomic E-state index is 0.229. The first-order valence-electron chi connectivity index (χ1n) is 4.71. The molecule has 0 bridgehead atoms. The number of ether oxygens (including phenoxy) is 1. The Balaban J connectivity index is 2.01. The number of pyridine rings is 1. The lowest BCUT2D eigenvalue weighted by Crippen LogP contribution is -2.21. The molecule has 1 saturated heterocycles. The van der Waals surface area contributed by atoms with Gasteiger partial charge in [0.05, 0.1) is 0 Å². The van der Waals surface area contributed by atoms with Gasteiger partial charge in [-0.15, -0.1) is 0 Å². The molecule has 1 fully saturated rings. The number of likely N-dealkylation sites (N-methyl/N-ethyl adjacent to an activating group) is 1. The van der Waals surface area contributed by atoms with Gasteiger partial charge in [-0.25, -0.2) is 4.98 Å². The van der Waals surface area contributed by atoms with E-state index in [9.17, 15) is 0 Å². The fourth-order valence-corrected chi connectivity index (χ4v) is 1.77. The second-order valence-electron chi connectivity index (χ2n) is 3.58. The van der Waals surface area contributed by atoms with E-state index in [1.807, 2.05) is 0 Å². The molecule has 2 rings (SSSR count). The van der Waals surface area contributed by atoms with Gasteiger partial charge in [-0.05, 0) is 25.6 Å². The molecule has 14 heavy (non-hydrogen) atoms. The van der Waals surface area contributed by atoms with Crippen LogP contribution in [-0.4, -0.2) is 36.1 Å². The van der Waals surface area contributed by atoms with Gasteiger partial charge in [0.25, 0.3) is 0 Å². The zero-order chi connectivity index (χ0) is 9.97. The van der Waals surface area contributed by atoms with Crippen LogP contribution in [-0.2, 0) is 0 Å². The molecule has 3 nitrogen and oxygen atoms in total. The predicted molar refractivity (Wildman–Crippen MR) is 55.8 cm³/mol. The van der Waals surface area contributed by atoms with Crippen molar-refractivity contribution in [1.29, 1.82) is 0 Å². The van der Waals surface area contributed by atoms with Crippen molar-refractivity contribution in [1.82, 2.24) is 9.88 Å². The van der Waals surface area contributed by atoms with Crippen molar-refractivity contribution in [3.63, 3.8) is 0 Å². The van der Waals surface area contributed by atoms with Gasteiger partial charge in [0.2, 0.25) is 5.88 Å². The van der Waals surface area contributed by atoms with Gasteiger partial charge in [-0.1, -0.05) is 11.6 Å². The summed E-state index contributed by atoms with van der Waals surface area (Å²) in [5, 5.41) is 0.585. The third-order valence-electron chi connectivity index (χ3n) is 2.35. The van der Waals surface area contributed by atoms with Gasteiger partial charge < -0.3 is 9.64 Å². The number of likely N-dealkylation sites (tertiary alicyclic amines) is 1. The first-order valence-corrected chi connectivity index (χ1v) is 5.09. The molecule has 0 spiro atoms. The van der Waals surface area contributed by atoms with Gasteiger partial charge in [0.1, 0.15) is 11.1 Å². The van der Waals surface area contributed by atoms with Gasteiger partial charge >= 0.3 is 0 Å². The molecule has 2 heterocycles. The quantitative estimate of drug-likeness (QED) is 0.748. The minimum absolute atomic E-state index is 0.229. The highest BCUT2D eigenvalue weighted by atomic mass is 35.5. The lowest BCUT2D eigenvalue weighted by atomic mass is 10.3. The Labute approximate surface area is 88.6 Å². The summed E-state index contributed by atoms with van der Waals surface area (Å²) >= 11 is 5.94. The van der Waals surface area contributed by atoms with Gasteiger partial charge in [-0.3, -0.25) is 0 Å². The lowest BCUT2D eigenvalue weighted by molar-refractivity contribution is 0.200. The van der Waals surface area contributed by atoms with E-state index >= 15 is 0 Å². The van der Waals surface area contributed by atoms with E-state index in [-0.39, 0.29) is 6.10 Å². The standard InChI is InChI=1S/C10H13ClN2O/c1-13-6-4-8(7-13)14-10-9(11)3-2-5-12-10/h2-3,5,8H,4,6-7H2,1H3/t8-/m1/s1. The zero-order valence-corrected chi connectivity index (χ0v) is 8.87. The summed E-state index contributed by atoms with van der Waals surface area (Å²) in [5.74, 6) is 0.550. The summed E-state index contributed by atoms with van der Waals surface area (Å²) in [6.07, 6.45) is 2.97. The second-order valence-corrected chi connectivity index (χ2v) is 3.99. The SMILES string of the molecule is CN1CC[C@@H](Oc2ncccc2Cl)C1. The highest BCUT2D eigenvalue weighted by Crippen LogP contribution is 2.23. The maximum absolute atomic E-state index is 5.94. The molecule has 0 saturated carbocycles. The van der Waals surface area contributed by atoms with Crippen LogP contribution in [0.5, 0.6) is 5.88 Å². The highest BCUT2D eigenvalue weighted by molar-refractivity contribution is 6.31. The van der Waals surface area contributed by atoms with E-state index in [1.54, 1.807) is 18.3 Å². The molecule has 1 atom stereocenters. The van der Waals surface area contributed by atoms with Crippen LogP contribution in [0.3, 0.4) is 0 Å². The monoisotopic (exact) mass is 212 g/mol. The molecule has 0 radical (unpaired) electrons. The van der Waals surface area contributed by atoms with Crippen molar-refractivity contribution < 1.29 is 4.74 Å². The van der Waals surface area contributed by atoms with Gasteiger partial charge in [0, 0.05) is 19.3 Å². The Kier molecular flexibility index (Phi) is 2.89. The fraction of sp³-hybridized carbons (Fsp3) is 0.500. The number of hydrogen-bond acceptors (Lipinski definition) is 3. The van der Waals surface area contributed by atoms with E-state index in [0.29, 0.717) is 10.9 Å². The van der Waals surface area contributed by atoms with Crippen LogP contribution in [0.2, 0.25) is 5.02 Å². The van der Waals surface area contributed by atoms with Crippen LogP contribution >= 0.6 is 11.6 Å². The molecule has 0 N–H and O–H groups in total. The topological polar surface area (TPSA) is 25.4 Å². The molecule has 0 aliphatic carbocycles. The van der Waals surface area contributed by atoms with Crippen LogP contribution in [0, 0.1) is 0 Å². The normalized spacial score (nSPS) is 22.6. The fourth-order valence-electron chi connectivity index (χ4n) is 1.61. The minimum Gasteiger partial charge on any atom is -0.472 e. The summed E-state index contributed by atoms with van der Waals surface area (Å²) in [6.45, 7) is 2.03. The van der Waals surface area contributed by atoms with E-state index < -0.39 is 0 Å². The maximum atomic E-state index is 5.94. The smallest absolute Gasteiger partial charge is 0.232 e. The first kappa shape index (κ1) is 9.74. The molecule has 1 aromatic heterocycles. The van der Waals surface area contributed by atoms with Crippen molar-refractivity contribution in [3.05, 3.63) is 23.4 Å². The molecule has 4 heteroatoms. The Morgan fingerprint density at radius 1 is 1.64 bits per heavy atom. The summed E-state index contributed by atoms with van der Waals surface area (Å²) in [6, 6.07) is 3.60. The maximum Gasteiger partial charge on any atom is 0.232 e. The molecule has 1 aliphatic heterocycles. The van der Waals surface area contributed by atoms with Crippen molar-refractivity contribution in [2.45, 2.75) is 12.5 Å². The zero-order valence-electron chi connectivity index (χ0n) is 8.11. The first-order chi connectivity index (χ1) is 6.75. The van der Waals surface area contributed by atoms with E-state index in [2.05, 4.69) is 16.9 Å². The van der Waals surface area contributed by atoms with E-state index in [1.165, 1.54) is 0 Å². The lowest BCUT2D eigenvalue weighted by Gasteiger charge is -2.13. The van der Waals surface area contributed by atoms with Crippen molar-refractivity contribution in [2.75, 3.05) is 20.1 Å². The summed E-state index contributed by atoms with van der Waals surface area (Å²) in [7, 11) is 2.09. The highest BCUT2D eigenvalue weighted by Gasteiger charge is 2.21. The van der Waals surface area contributed by atoms with Crippen LogP contribution in [0.15, 0.2) is 18.3 Å². The number of halogens is 1. The van der Waals surface area contributed by atoms with E-state index in [4.69, 9.17) is 16.3 Å². The molecular weight excluding hydrogens is 200 g/mol. The van der Waals surface area contributed by atoms with Crippen molar-refractivity contribution in [2.24, 2.45) is 0 Å². The summed E-state index contributed by atoms with van der Waals surface area (Å²) < 4.78 is 5.69. The Morgan fingerprint density at radius 2 is 2.50 bits per heavy atom. The van der Waals surface area contributed by atoms with Crippen molar-refractivity contribution in [3.8, 4) is 5.88 Å². The Bertz CT molecular complexity index is 319. The molecule has 1 aromatic rings. The number of nitrogens with zero attached hydrogens (tertiary/aromatic N) is 2. The number of aromatic nitrogens is 1. The second kappa shape index (κ2) is 4.15. The third-order valence-corrected chi connectivity index (χ3v) is 2.64.